The number of carbonyl (C=O) groups is 1. The normalized spacial score (nSPS) is 26.6. The molecule has 2 heteroatoms. The summed E-state index contributed by atoms with van der Waals surface area (Å²) >= 11 is 0. The molecule has 1 atom stereocenters. The van der Waals surface area contributed by atoms with Crippen LogP contribution in [-0.2, 0) is 9.53 Å². The molecule has 2 aliphatic carbocycles. The molecule has 0 aromatic heterocycles. The van der Waals surface area contributed by atoms with Crippen LogP contribution in [0.15, 0.2) is 0 Å². The Balaban J connectivity index is 1.79. The molecule has 1 unspecified atom stereocenters. The SMILES string of the molecule is CC(C)CCC(=O)OC1CCCC2(CCCCC2)C1. The first-order valence-electron chi connectivity index (χ1n) is 8.29. The molecule has 0 aromatic rings. The highest BCUT2D eigenvalue weighted by molar-refractivity contribution is 5.69. The van der Waals surface area contributed by atoms with E-state index < -0.39 is 0 Å². The number of hydrogen-bond acceptors (Lipinski definition) is 2. The predicted molar refractivity (Wildman–Crippen MR) is 77.9 cm³/mol. The van der Waals surface area contributed by atoms with Crippen LogP contribution in [0.1, 0.15) is 84.5 Å². The van der Waals surface area contributed by atoms with Gasteiger partial charge in [-0.3, -0.25) is 4.79 Å². The second-order valence-electron chi connectivity index (χ2n) is 7.20. The van der Waals surface area contributed by atoms with Crippen molar-refractivity contribution in [2.45, 2.75) is 90.6 Å². The number of rotatable bonds is 4. The van der Waals surface area contributed by atoms with Gasteiger partial charge in [0.2, 0.25) is 0 Å². The Morgan fingerprint density at radius 2 is 1.84 bits per heavy atom. The van der Waals surface area contributed by atoms with Gasteiger partial charge in [0.05, 0.1) is 0 Å². The number of esters is 1. The Labute approximate surface area is 118 Å². The summed E-state index contributed by atoms with van der Waals surface area (Å²) in [4.78, 5) is 11.9. The molecule has 0 aromatic carbocycles. The highest BCUT2D eigenvalue weighted by atomic mass is 16.5. The van der Waals surface area contributed by atoms with Gasteiger partial charge in [-0.25, -0.2) is 0 Å². The Hall–Kier alpha value is -0.530. The summed E-state index contributed by atoms with van der Waals surface area (Å²) in [6, 6.07) is 0. The van der Waals surface area contributed by atoms with Crippen molar-refractivity contribution in [3.63, 3.8) is 0 Å². The summed E-state index contributed by atoms with van der Waals surface area (Å²) in [6.45, 7) is 4.32. The molecule has 0 amide bonds. The first-order chi connectivity index (χ1) is 9.10. The average molecular weight is 266 g/mol. The first-order valence-corrected chi connectivity index (χ1v) is 8.29. The molecule has 0 heterocycles. The zero-order valence-electron chi connectivity index (χ0n) is 12.7. The Bertz CT molecular complexity index is 284. The molecule has 0 bridgehead atoms. The van der Waals surface area contributed by atoms with Crippen LogP contribution in [0, 0.1) is 11.3 Å². The quantitative estimate of drug-likeness (QED) is 0.679. The van der Waals surface area contributed by atoms with Gasteiger partial charge in [0.15, 0.2) is 0 Å². The van der Waals surface area contributed by atoms with E-state index in [0.717, 1.165) is 19.3 Å². The van der Waals surface area contributed by atoms with Gasteiger partial charge >= 0.3 is 5.97 Å². The smallest absolute Gasteiger partial charge is 0.306 e. The molecule has 2 rings (SSSR count). The average Bonchev–Trinajstić information content (AvgIpc) is 2.37. The minimum atomic E-state index is 0.0339. The summed E-state index contributed by atoms with van der Waals surface area (Å²) in [7, 11) is 0. The first kappa shape index (κ1) is 14.9. The maximum atomic E-state index is 11.9. The molecule has 2 fully saturated rings. The fraction of sp³-hybridized carbons (Fsp3) is 0.941. The summed E-state index contributed by atoms with van der Waals surface area (Å²) in [6.07, 6.45) is 13.5. The largest absolute Gasteiger partial charge is 0.462 e. The Kier molecular flexibility index (Phi) is 5.29. The molecule has 2 aliphatic rings. The van der Waals surface area contributed by atoms with E-state index in [1.165, 1.54) is 44.9 Å². The lowest BCUT2D eigenvalue weighted by atomic mass is 9.65. The van der Waals surface area contributed by atoms with E-state index in [2.05, 4.69) is 13.8 Å². The molecule has 19 heavy (non-hydrogen) atoms. The lowest BCUT2D eigenvalue weighted by molar-refractivity contribution is -0.153. The standard InChI is InChI=1S/C17H30O2/c1-14(2)8-9-16(18)19-15-7-6-12-17(13-15)10-4-3-5-11-17/h14-15H,3-13H2,1-2H3. The van der Waals surface area contributed by atoms with Crippen molar-refractivity contribution in [2.75, 3.05) is 0 Å². The molecular formula is C17H30O2. The molecule has 1 spiro atoms. The van der Waals surface area contributed by atoms with Crippen molar-refractivity contribution < 1.29 is 9.53 Å². The molecule has 0 saturated heterocycles. The predicted octanol–water partition coefficient (Wildman–Crippen LogP) is 4.86. The maximum absolute atomic E-state index is 11.9. The van der Waals surface area contributed by atoms with Crippen molar-refractivity contribution in [3.05, 3.63) is 0 Å². The summed E-state index contributed by atoms with van der Waals surface area (Å²) in [5.41, 5.74) is 0.527. The molecule has 110 valence electrons. The zero-order valence-corrected chi connectivity index (χ0v) is 12.7. The van der Waals surface area contributed by atoms with Gasteiger partial charge < -0.3 is 4.74 Å². The topological polar surface area (TPSA) is 26.3 Å². The van der Waals surface area contributed by atoms with Crippen LogP contribution in [0.2, 0.25) is 0 Å². The van der Waals surface area contributed by atoms with Crippen LogP contribution in [-0.4, -0.2) is 12.1 Å². The van der Waals surface area contributed by atoms with E-state index in [-0.39, 0.29) is 12.1 Å². The zero-order chi connectivity index (χ0) is 13.7. The number of ether oxygens (including phenoxy) is 1. The monoisotopic (exact) mass is 266 g/mol. The lowest BCUT2D eigenvalue weighted by Gasteiger charge is -2.43. The van der Waals surface area contributed by atoms with Crippen molar-refractivity contribution in [1.82, 2.24) is 0 Å². The van der Waals surface area contributed by atoms with E-state index in [4.69, 9.17) is 4.74 Å². The number of hydrogen-bond donors (Lipinski definition) is 0. The molecular weight excluding hydrogens is 236 g/mol. The van der Waals surface area contributed by atoms with Crippen molar-refractivity contribution >= 4 is 5.97 Å². The van der Waals surface area contributed by atoms with Crippen LogP contribution < -0.4 is 0 Å². The third-order valence-corrected chi connectivity index (χ3v) is 5.03. The molecule has 0 aliphatic heterocycles. The van der Waals surface area contributed by atoms with Crippen molar-refractivity contribution in [2.24, 2.45) is 11.3 Å². The third-order valence-electron chi connectivity index (χ3n) is 5.03. The van der Waals surface area contributed by atoms with Gasteiger partial charge in [0.25, 0.3) is 0 Å². The van der Waals surface area contributed by atoms with Gasteiger partial charge in [-0.1, -0.05) is 33.1 Å². The van der Waals surface area contributed by atoms with Gasteiger partial charge in [-0.2, -0.15) is 0 Å². The van der Waals surface area contributed by atoms with Crippen LogP contribution in [0.3, 0.4) is 0 Å². The van der Waals surface area contributed by atoms with E-state index in [1.54, 1.807) is 0 Å². The van der Waals surface area contributed by atoms with E-state index >= 15 is 0 Å². The second-order valence-corrected chi connectivity index (χ2v) is 7.20. The van der Waals surface area contributed by atoms with E-state index in [1.807, 2.05) is 0 Å². The second kappa shape index (κ2) is 6.76. The Morgan fingerprint density at radius 3 is 2.53 bits per heavy atom. The van der Waals surface area contributed by atoms with Gasteiger partial charge in [-0.15, -0.1) is 0 Å². The lowest BCUT2D eigenvalue weighted by Crippen LogP contribution is -2.35. The molecule has 2 nitrogen and oxygen atoms in total. The summed E-state index contributed by atoms with van der Waals surface area (Å²) in [5.74, 6) is 0.621. The van der Waals surface area contributed by atoms with Gasteiger partial charge in [0, 0.05) is 6.42 Å². The molecule has 0 radical (unpaired) electrons. The number of carbonyl (C=O) groups excluding carboxylic acids is 1. The minimum Gasteiger partial charge on any atom is -0.462 e. The van der Waals surface area contributed by atoms with E-state index in [0.29, 0.717) is 17.8 Å². The van der Waals surface area contributed by atoms with Crippen LogP contribution in [0.25, 0.3) is 0 Å². The van der Waals surface area contributed by atoms with Gasteiger partial charge in [0.1, 0.15) is 6.10 Å². The summed E-state index contributed by atoms with van der Waals surface area (Å²) < 4.78 is 5.73. The van der Waals surface area contributed by atoms with Gasteiger partial charge in [-0.05, 0) is 56.3 Å². The highest BCUT2D eigenvalue weighted by Crippen LogP contribution is 2.48. The van der Waals surface area contributed by atoms with Crippen LogP contribution in [0.5, 0.6) is 0 Å². The third kappa shape index (κ3) is 4.50. The molecule has 2 saturated carbocycles. The fourth-order valence-corrected chi connectivity index (χ4v) is 3.90. The minimum absolute atomic E-state index is 0.0339. The maximum Gasteiger partial charge on any atom is 0.306 e. The highest BCUT2D eigenvalue weighted by Gasteiger charge is 2.38. The van der Waals surface area contributed by atoms with Crippen LogP contribution in [0.4, 0.5) is 0 Å². The Morgan fingerprint density at radius 1 is 1.16 bits per heavy atom. The summed E-state index contributed by atoms with van der Waals surface area (Å²) in [5, 5.41) is 0. The van der Waals surface area contributed by atoms with Crippen molar-refractivity contribution in [1.29, 1.82) is 0 Å². The van der Waals surface area contributed by atoms with Crippen molar-refractivity contribution in [3.8, 4) is 0 Å². The van der Waals surface area contributed by atoms with E-state index in [9.17, 15) is 4.79 Å². The van der Waals surface area contributed by atoms with Crippen LogP contribution >= 0.6 is 0 Å². The molecule has 0 N–H and O–H groups in total. The fourth-order valence-electron chi connectivity index (χ4n) is 3.90.